The van der Waals surface area contributed by atoms with Gasteiger partial charge in [-0.3, -0.25) is 4.79 Å². The van der Waals surface area contributed by atoms with Crippen molar-refractivity contribution in [3.63, 3.8) is 0 Å². The molecule has 2 aliphatic rings. The number of carbonyl (C=O) groups excluding carboxylic acids is 1. The Balaban J connectivity index is 1.36. The number of nitrogens with zero attached hydrogens (tertiary/aromatic N) is 3. The van der Waals surface area contributed by atoms with Crippen LogP contribution < -0.4 is 0 Å². The standard InChI is InChI=1S/C20H25N3O5S/c1-13(19-21-14(2)22-28-19)27-20(24)16-8-10-23(11-9-16)29(25,26)18-7-6-15-4-3-5-17(15)12-18/h6-7,12-13,16H,3-5,8-11H2,1-2H3. The van der Waals surface area contributed by atoms with Crippen molar-refractivity contribution in [1.82, 2.24) is 14.4 Å². The van der Waals surface area contributed by atoms with Crippen molar-refractivity contribution < 1.29 is 22.5 Å². The van der Waals surface area contributed by atoms with E-state index in [1.165, 1.54) is 9.87 Å². The molecule has 1 aliphatic heterocycles. The molecule has 4 rings (SSSR count). The molecule has 0 bridgehead atoms. The maximum absolute atomic E-state index is 13.0. The topological polar surface area (TPSA) is 103 Å². The van der Waals surface area contributed by atoms with Gasteiger partial charge in [0.15, 0.2) is 11.9 Å². The van der Waals surface area contributed by atoms with Crippen LogP contribution >= 0.6 is 0 Å². The van der Waals surface area contributed by atoms with Gasteiger partial charge in [0.25, 0.3) is 5.89 Å². The molecule has 0 amide bonds. The van der Waals surface area contributed by atoms with Crippen molar-refractivity contribution in [3.8, 4) is 0 Å². The summed E-state index contributed by atoms with van der Waals surface area (Å²) in [5, 5.41) is 3.69. The molecule has 1 aliphatic carbocycles. The zero-order valence-corrected chi connectivity index (χ0v) is 17.4. The highest BCUT2D eigenvalue weighted by Crippen LogP contribution is 2.29. The van der Waals surface area contributed by atoms with Crippen LogP contribution in [0, 0.1) is 12.8 Å². The van der Waals surface area contributed by atoms with Gasteiger partial charge in [-0.2, -0.15) is 9.29 Å². The molecular weight excluding hydrogens is 394 g/mol. The lowest BCUT2D eigenvalue weighted by atomic mass is 9.98. The molecule has 1 atom stereocenters. The molecule has 29 heavy (non-hydrogen) atoms. The number of sulfonamides is 1. The lowest BCUT2D eigenvalue weighted by Gasteiger charge is -2.30. The molecule has 1 aromatic heterocycles. The third-order valence-electron chi connectivity index (χ3n) is 5.68. The van der Waals surface area contributed by atoms with Gasteiger partial charge in [-0.25, -0.2) is 8.42 Å². The Morgan fingerprint density at radius 2 is 1.97 bits per heavy atom. The first-order valence-corrected chi connectivity index (χ1v) is 11.4. The monoisotopic (exact) mass is 419 g/mol. The number of ether oxygens (including phenoxy) is 1. The van der Waals surface area contributed by atoms with Crippen LogP contribution in [0.2, 0.25) is 0 Å². The van der Waals surface area contributed by atoms with Crippen molar-refractivity contribution in [2.75, 3.05) is 13.1 Å². The second-order valence-corrected chi connectivity index (χ2v) is 9.66. The van der Waals surface area contributed by atoms with Crippen LogP contribution in [0.25, 0.3) is 0 Å². The summed E-state index contributed by atoms with van der Waals surface area (Å²) >= 11 is 0. The van der Waals surface area contributed by atoms with Crippen molar-refractivity contribution >= 4 is 16.0 Å². The average Bonchev–Trinajstić information content (AvgIpc) is 3.36. The Morgan fingerprint density at radius 1 is 1.24 bits per heavy atom. The molecule has 156 valence electrons. The van der Waals surface area contributed by atoms with Gasteiger partial charge in [0.1, 0.15) is 0 Å². The Bertz CT molecular complexity index is 1010. The third-order valence-corrected chi connectivity index (χ3v) is 7.57. The smallest absolute Gasteiger partial charge is 0.309 e. The Hall–Kier alpha value is -2.26. The van der Waals surface area contributed by atoms with Gasteiger partial charge in [0, 0.05) is 13.1 Å². The number of benzene rings is 1. The van der Waals surface area contributed by atoms with Gasteiger partial charge in [0.2, 0.25) is 10.0 Å². The Morgan fingerprint density at radius 3 is 2.66 bits per heavy atom. The minimum Gasteiger partial charge on any atom is -0.452 e. The van der Waals surface area contributed by atoms with Gasteiger partial charge in [-0.05, 0) is 69.2 Å². The molecule has 9 heteroatoms. The van der Waals surface area contributed by atoms with Crippen LogP contribution in [0.4, 0.5) is 0 Å². The van der Waals surface area contributed by atoms with E-state index >= 15 is 0 Å². The molecule has 1 saturated heterocycles. The van der Waals surface area contributed by atoms with Crippen LogP contribution in [0.5, 0.6) is 0 Å². The van der Waals surface area contributed by atoms with Crippen LogP contribution in [-0.4, -0.2) is 41.9 Å². The molecule has 2 aromatic rings. The molecule has 1 unspecified atom stereocenters. The van der Waals surface area contributed by atoms with E-state index in [9.17, 15) is 13.2 Å². The second kappa shape index (κ2) is 7.87. The summed E-state index contributed by atoms with van der Waals surface area (Å²) in [6, 6.07) is 5.44. The van der Waals surface area contributed by atoms with Crippen molar-refractivity contribution in [2.45, 2.75) is 57.0 Å². The maximum atomic E-state index is 13.0. The van der Waals surface area contributed by atoms with E-state index in [0.29, 0.717) is 36.7 Å². The van der Waals surface area contributed by atoms with Gasteiger partial charge in [-0.15, -0.1) is 0 Å². The van der Waals surface area contributed by atoms with E-state index in [0.717, 1.165) is 24.8 Å². The summed E-state index contributed by atoms with van der Waals surface area (Å²) in [6.07, 6.45) is 3.26. The maximum Gasteiger partial charge on any atom is 0.309 e. The van der Waals surface area contributed by atoms with Crippen molar-refractivity contribution in [2.24, 2.45) is 5.92 Å². The zero-order chi connectivity index (χ0) is 20.6. The second-order valence-electron chi connectivity index (χ2n) is 7.72. The predicted octanol–water partition coefficient (Wildman–Crippen LogP) is 2.57. The van der Waals surface area contributed by atoms with E-state index in [1.807, 2.05) is 12.1 Å². The van der Waals surface area contributed by atoms with E-state index < -0.39 is 16.1 Å². The number of fused-ring (bicyclic) bond motifs is 1. The molecule has 0 saturated carbocycles. The highest BCUT2D eigenvalue weighted by atomic mass is 32.2. The van der Waals surface area contributed by atoms with E-state index in [1.54, 1.807) is 19.9 Å². The van der Waals surface area contributed by atoms with Gasteiger partial charge < -0.3 is 9.26 Å². The molecular formula is C20H25N3O5S. The third kappa shape index (κ3) is 4.06. The molecule has 0 N–H and O–H groups in total. The highest BCUT2D eigenvalue weighted by molar-refractivity contribution is 7.89. The average molecular weight is 420 g/mol. The van der Waals surface area contributed by atoms with Gasteiger partial charge in [-0.1, -0.05) is 11.2 Å². The van der Waals surface area contributed by atoms with Crippen LogP contribution in [0.3, 0.4) is 0 Å². The summed E-state index contributed by atoms with van der Waals surface area (Å²) in [7, 11) is -3.55. The SMILES string of the molecule is Cc1noc(C(C)OC(=O)C2CCN(S(=O)(=O)c3ccc4c(c3)CCC4)CC2)n1. The predicted molar refractivity (Wildman–Crippen MR) is 103 cm³/mol. The zero-order valence-electron chi connectivity index (χ0n) is 16.6. The summed E-state index contributed by atoms with van der Waals surface area (Å²) in [5.74, 6) is 0.0383. The van der Waals surface area contributed by atoms with E-state index in [-0.39, 0.29) is 17.8 Å². The number of aromatic nitrogens is 2. The first kappa shape index (κ1) is 20.0. The van der Waals surface area contributed by atoms with Crippen LogP contribution in [-0.2, 0) is 32.4 Å². The molecule has 1 aromatic carbocycles. The fourth-order valence-electron chi connectivity index (χ4n) is 3.99. The number of aryl methyl sites for hydroxylation is 3. The number of esters is 1. The Labute approximate surface area is 170 Å². The minimum atomic E-state index is -3.55. The number of carbonyl (C=O) groups is 1. The quantitative estimate of drug-likeness (QED) is 0.686. The molecule has 2 heterocycles. The molecule has 0 spiro atoms. The number of hydrogen-bond donors (Lipinski definition) is 0. The molecule has 1 fully saturated rings. The normalized spacial score (nSPS) is 19.1. The van der Waals surface area contributed by atoms with E-state index in [4.69, 9.17) is 9.26 Å². The number of hydrogen-bond acceptors (Lipinski definition) is 7. The minimum absolute atomic E-state index is 0.257. The first-order valence-electron chi connectivity index (χ1n) is 9.97. The lowest BCUT2D eigenvalue weighted by molar-refractivity contribution is -0.156. The lowest BCUT2D eigenvalue weighted by Crippen LogP contribution is -2.40. The number of rotatable bonds is 5. The highest BCUT2D eigenvalue weighted by Gasteiger charge is 2.34. The number of piperidine rings is 1. The van der Waals surface area contributed by atoms with Crippen LogP contribution in [0.1, 0.15) is 55.1 Å². The fourth-order valence-corrected chi connectivity index (χ4v) is 5.51. The van der Waals surface area contributed by atoms with Gasteiger partial charge >= 0.3 is 5.97 Å². The molecule has 0 radical (unpaired) electrons. The largest absolute Gasteiger partial charge is 0.452 e. The summed E-state index contributed by atoms with van der Waals surface area (Å²) in [6.45, 7) is 3.97. The van der Waals surface area contributed by atoms with Crippen molar-refractivity contribution in [3.05, 3.63) is 41.0 Å². The summed E-state index contributed by atoms with van der Waals surface area (Å²) in [4.78, 5) is 16.9. The van der Waals surface area contributed by atoms with Gasteiger partial charge in [0.05, 0.1) is 10.8 Å². The first-order chi connectivity index (χ1) is 13.8. The van der Waals surface area contributed by atoms with Crippen molar-refractivity contribution in [1.29, 1.82) is 0 Å². The van der Waals surface area contributed by atoms with Crippen LogP contribution in [0.15, 0.2) is 27.6 Å². The Kier molecular flexibility index (Phi) is 5.44. The molecule has 8 nitrogen and oxygen atoms in total. The summed E-state index contributed by atoms with van der Waals surface area (Å²) < 4.78 is 38.0. The fraction of sp³-hybridized carbons (Fsp3) is 0.550. The summed E-state index contributed by atoms with van der Waals surface area (Å²) in [5.41, 5.74) is 2.38. The van der Waals surface area contributed by atoms with E-state index in [2.05, 4.69) is 10.1 Å².